The number of hydrogen-bond donors (Lipinski definition) is 1. The van der Waals surface area contributed by atoms with Gasteiger partial charge in [-0.15, -0.1) is 0 Å². The number of rotatable bonds is 6. The Kier molecular flexibility index (Phi) is 5.40. The largest absolute Gasteiger partial charge is 0.476 e. The second kappa shape index (κ2) is 7.48. The highest BCUT2D eigenvalue weighted by molar-refractivity contribution is 6.04. The number of benzene rings is 1. The van der Waals surface area contributed by atoms with Gasteiger partial charge in [-0.2, -0.15) is 4.98 Å². The van der Waals surface area contributed by atoms with Crippen molar-refractivity contribution in [2.24, 2.45) is 0 Å². The molecule has 0 radical (unpaired) electrons. The summed E-state index contributed by atoms with van der Waals surface area (Å²) in [4.78, 5) is 20.0. The molecule has 0 spiro atoms. The van der Waals surface area contributed by atoms with Crippen LogP contribution in [0.3, 0.4) is 0 Å². The monoisotopic (exact) mass is 323 g/mol. The zero-order valence-electron chi connectivity index (χ0n) is 12.6. The van der Waals surface area contributed by atoms with Crippen LogP contribution in [-0.2, 0) is 0 Å². The van der Waals surface area contributed by atoms with Crippen molar-refractivity contribution in [1.82, 2.24) is 9.97 Å². The summed E-state index contributed by atoms with van der Waals surface area (Å²) in [5, 5.41) is 2.43. The van der Waals surface area contributed by atoms with Crippen molar-refractivity contribution >= 4 is 11.6 Å². The minimum absolute atomic E-state index is 0.0989. The fourth-order valence-electron chi connectivity index (χ4n) is 1.75. The number of nitrogens with one attached hydrogen (secondary N) is 1. The van der Waals surface area contributed by atoms with E-state index in [1.165, 1.54) is 6.20 Å². The number of carbonyl (C=O) groups excluding carboxylic acids is 1. The van der Waals surface area contributed by atoms with Gasteiger partial charge in [-0.1, -0.05) is 0 Å². The summed E-state index contributed by atoms with van der Waals surface area (Å²) in [5.41, 5.74) is -0.147. The molecular formula is C15H15F2N3O3. The van der Waals surface area contributed by atoms with Gasteiger partial charge < -0.3 is 14.8 Å². The molecule has 1 N–H and O–H groups in total. The van der Waals surface area contributed by atoms with Gasteiger partial charge in [-0.25, -0.2) is 13.8 Å². The number of hydrogen-bond acceptors (Lipinski definition) is 5. The van der Waals surface area contributed by atoms with Crippen molar-refractivity contribution in [1.29, 1.82) is 0 Å². The van der Waals surface area contributed by atoms with Crippen molar-refractivity contribution in [2.75, 3.05) is 18.5 Å². The number of halogens is 2. The Hall–Kier alpha value is -2.77. The Morgan fingerprint density at radius 2 is 1.96 bits per heavy atom. The minimum Gasteiger partial charge on any atom is -0.476 e. The first-order valence-corrected chi connectivity index (χ1v) is 6.94. The average molecular weight is 323 g/mol. The second-order valence-electron chi connectivity index (χ2n) is 4.32. The highest BCUT2D eigenvalue weighted by Gasteiger charge is 2.16. The van der Waals surface area contributed by atoms with Gasteiger partial charge in [0.25, 0.3) is 5.91 Å². The molecule has 1 aromatic heterocycles. The normalized spacial score (nSPS) is 10.3. The number of ether oxygens (including phenoxy) is 2. The summed E-state index contributed by atoms with van der Waals surface area (Å²) < 4.78 is 37.0. The van der Waals surface area contributed by atoms with Crippen LogP contribution in [0.1, 0.15) is 24.2 Å². The zero-order valence-corrected chi connectivity index (χ0v) is 12.6. The first kappa shape index (κ1) is 16.6. The summed E-state index contributed by atoms with van der Waals surface area (Å²) >= 11 is 0. The van der Waals surface area contributed by atoms with E-state index < -0.39 is 17.5 Å². The average Bonchev–Trinajstić information content (AvgIpc) is 2.50. The molecule has 6 nitrogen and oxygen atoms in total. The predicted octanol–water partition coefficient (Wildman–Crippen LogP) is 2.80. The third kappa shape index (κ3) is 4.12. The van der Waals surface area contributed by atoms with E-state index in [0.29, 0.717) is 19.3 Å². The molecule has 122 valence electrons. The van der Waals surface area contributed by atoms with Crippen LogP contribution in [0.25, 0.3) is 0 Å². The number of nitrogens with zero attached hydrogens (tertiary/aromatic N) is 2. The quantitative estimate of drug-likeness (QED) is 0.885. The van der Waals surface area contributed by atoms with Crippen LogP contribution in [0, 0.1) is 11.6 Å². The Morgan fingerprint density at radius 1 is 1.22 bits per heavy atom. The van der Waals surface area contributed by atoms with Crippen LogP contribution in [-0.4, -0.2) is 29.1 Å². The molecule has 0 saturated carbocycles. The molecule has 0 atom stereocenters. The Morgan fingerprint density at radius 3 is 2.61 bits per heavy atom. The van der Waals surface area contributed by atoms with Crippen molar-refractivity contribution in [2.45, 2.75) is 13.8 Å². The maximum Gasteiger partial charge on any atom is 0.319 e. The lowest BCUT2D eigenvalue weighted by Crippen LogP contribution is -2.16. The lowest BCUT2D eigenvalue weighted by Gasteiger charge is -2.11. The SMILES string of the molecule is CCOc1ncc(NC(=O)c2ccc(F)cc2F)c(OCC)n1. The van der Waals surface area contributed by atoms with Gasteiger partial charge >= 0.3 is 6.01 Å². The molecule has 1 amide bonds. The summed E-state index contributed by atoms with van der Waals surface area (Å²) in [5.74, 6) is -2.40. The molecule has 0 aliphatic carbocycles. The molecule has 2 aromatic rings. The predicted molar refractivity (Wildman–Crippen MR) is 78.7 cm³/mol. The summed E-state index contributed by atoms with van der Waals surface area (Å²) in [6, 6.07) is 2.78. The highest BCUT2D eigenvalue weighted by Crippen LogP contribution is 2.24. The summed E-state index contributed by atoms with van der Waals surface area (Å²) in [6.07, 6.45) is 1.29. The molecule has 0 aliphatic rings. The zero-order chi connectivity index (χ0) is 16.8. The standard InChI is InChI=1S/C15H15F2N3O3/c1-3-22-14-12(8-18-15(20-14)23-4-2)19-13(21)10-6-5-9(16)7-11(10)17/h5-8H,3-4H2,1-2H3,(H,19,21). The first-order chi connectivity index (χ1) is 11.0. The maximum atomic E-state index is 13.6. The lowest BCUT2D eigenvalue weighted by molar-refractivity contribution is 0.102. The van der Waals surface area contributed by atoms with Crippen molar-refractivity contribution in [3.63, 3.8) is 0 Å². The van der Waals surface area contributed by atoms with Gasteiger partial charge in [0.2, 0.25) is 5.88 Å². The molecule has 0 unspecified atom stereocenters. The van der Waals surface area contributed by atoms with Gasteiger partial charge in [0, 0.05) is 6.07 Å². The Balaban J connectivity index is 2.25. The third-order valence-corrected chi connectivity index (χ3v) is 2.71. The van der Waals surface area contributed by atoms with E-state index in [9.17, 15) is 13.6 Å². The Bertz CT molecular complexity index is 710. The van der Waals surface area contributed by atoms with E-state index in [2.05, 4.69) is 15.3 Å². The molecular weight excluding hydrogens is 308 g/mol. The minimum atomic E-state index is -0.965. The molecule has 1 heterocycles. The van der Waals surface area contributed by atoms with Crippen LogP contribution in [0.2, 0.25) is 0 Å². The molecule has 8 heteroatoms. The van der Waals surface area contributed by atoms with E-state index in [0.717, 1.165) is 12.1 Å². The fraction of sp³-hybridized carbons (Fsp3) is 0.267. The molecule has 2 rings (SSSR count). The number of carbonyl (C=O) groups is 1. The van der Waals surface area contributed by atoms with Crippen LogP contribution >= 0.6 is 0 Å². The van der Waals surface area contributed by atoms with Gasteiger partial charge in [0.15, 0.2) is 0 Å². The number of amides is 1. The van der Waals surface area contributed by atoms with Gasteiger partial charge in [0.05, 0.1) is 25.0 Å². The lowest BCUT2D eigenvalue weighted by atomic mass is 10.2. The fourth-order valence-corrected chi connectivity index (χ4v) is 1.75. The number of anilines is 1. The smallest absolute Gasteiger partial charge is 0.319 e. The van der Waals surface area contributed by atoms with E-state index >= 15 is 0 Å². The summed E-state index contributed by atoms with van der Waals surface area (Å²) in [7, 11) is 0. The summed E-state index contributed by atoms with van der Waals surface area (Å²) in [6.45, 7) is 4.19. The highest BCUT2D eigenvalue weighted by atomic mass is 19.1. The second-order valence-corrected chi connectivity index (χ2v) is 4.32. The maximum absolute atomic E-state index is 13.6. The van der Waals surface area contributed by atoms with Crippen molar-refractivity contribution in [3.05, 3.63) is 41.6 Å². The van der Waals surface area contributed by atoms with Crippen LogP contribution in [0.5, 0.6) is 11.9 Å². The van der Waals surface area contributed by atoms with Crippen molar-refractivity contribution in [3.8, 4) is 11.9 Å². The first-order valence-electron chi connectivity index (χ1n) is 6.94. The van der Waals surface area contributed by atoms with E-state index in [1.54, 1.807) is 13.8 Å². The van der Waals surface area contributed by atoms with Gasteiger partial charge in [0.1, 0.15) is 17.3 Å². The molecule has 1 aromatic carbocycles. The van der Waals surface area contributed by atoms with Crippen LogP contribution in [0.4, 0.5) is 14.5 Å². The third-order valence-electron chi connectivity index (χ3n) is 2.71. The van der Waals surface area contributed by atoms with Gasteiger partial charge in [-0.3, -0.25) is 4.79 Å². The van der Waals surface area contributed by atoms with E-state index in [1.807, 2.05) is 0 Å². The Labute approximate surface area is 131 Å². The van der Waals surface area contributed by atoms with Crippen LogP contribution < -0.4 is 14.8 Å². The van der Waals surface area contributed by atoms with E-state index in [-0.39, 0.29) is 23.1 Å². The molecule has 0 aliphatic heterocycles. The molecule has 0 saturated heterocycles. The van der Waals surface area contributed by atoms with Crippen molar-refractivity contribution < 1.29 is 23.0 Å². The van der Waals surface area contributed by atoms with Gasteiger partial charge in [-0.05, 0) is 26.0 Å². The molecule has 0 bridgehead atoms. The number of aromatic nitrogens is 2. The molecule has 23 heavy (non-hydrogen) atoms. The topological polar surface area (TPSA) is 73.3 Å². The molecule has 0 fully saturated rings. The van der Waals surface area contributed by atoms with E-state index in [4.69, 9.17) is 9.47 Å². The van der Waals surface area contributed by atoms with Crippen LogP contribution in [0.15, 0.2) is 24.4 Å².